The molecule has 0 aliphatic heterocycles. The molecule has 0 heterocycles. The number of hydrogen-bond acceptors (Lipinski definition) is 1. The third-order valence-electron chi connectivity index (χ3n) is 3.62. The topological polar surface area (TPSA) is 12.0 Å². The summed E-state index contributed by atoms with van der Waals surface area (Å²) in [6.07, 6.45) is -4.10. The number of alkyl halides is 3. The molecule has 0 saturated heterocycles. The van der Waals surface area contributed by atoms with E-state index in [0.717, 1.165) is 16.3 Å². The third-order valence-corrected chi connectivity index (χ3v) is 3.62. The Labute approximate surface area is 123 Å². The molecule has 0 aliphatic rings. The molecule has 1 N–H and O–H groups in total. The van der Waals surface area contributed by atoms with Gasteiger partial charge in [0, 0.05) is 12.5 Å². The molecule has 0 fully saturated rings. The van der Waals surface area contributed by atoms with E-state index in [-0.39, 0.29) is 12.5 Å². The van der Waals surface area contributed by atoms with Gasteiger partial charge in [0.05, 0.1) is 0 Å². The summed E-state index contributed by atoms with van der Waals surface area (Å²) in [7, 11) is 0. The molecule has 1 unspecified atom stereocenters. The van der Waals surface area contributed by atoms with Crippen molar-refractivity contribution in [3.63, 3.8) is 0 Å². The van der Waals surface area contributed by atoms with E-state index in [1.54, 1.807) is 0 Å². The zero-order valence-corrected chi connectivity index (χ0v) is 12.1. The van der Waals surface area contributed by atoms with Gasteiger partial charge in [0.1, 0.15) is 0 Å². The van der Waals surface area contributed by atoms with Crippen LogP contribution in [-0.4, -0.2) is 18.8 Å². The van der Waals surface area contributed by atoms with Gasteiger partial charge in [-0.25, -0.2) is 0 Å². The smallest absolute Gasteiger partial charge is 0.314 e. The van der Waals surface area contributed by atoms with Gasteiger partial charge < -0.3 is 5.32 Å². The van der Waals surface area contributed by atoms with Crippen molar-refractivity contribution < 1.29 is 13.2 Å². The van der Waals surface area contributed by atoms with Gasteiger partial charge in [-0.2, -0.15) is 13.2 Å². The lowest BCUT2D eigenvalue weighted by atomic mass is 9.96. The van der Waals surface area contributed by atoms with Crippen LogP contribution in [0.15, 0.2) is 42.5 Å². The molecule has 1 nitrogen and oxygen atoms in total. The molecule has 0 bridgehead atoms. The van der Waals surface area contributed by atoms with Gasteiger partial charge in [0.15, 0.2) is 0 Å². The predicted molar refractivity (Wildman–Crippen MR) is 80.4 cm³/mol. The summed E-state index contributed by atoms with van der Waals surface area (Å²) in [4.78, 5) is 0. The van der Waals surface area contributed by atoms with Gasteiger partial charge in [-0.1, -0.05) is 49.4 Å². The van der Waals surface area contributed by atoms with Crippen LogP contribution in [0.25, 0.3) is 10.8 Å². The molecule has 0 saturated carbocycles. The minimum absolute atomic E-state index is 0.112. The number of rotatable bonds is 6. The van der Waals surface area contributed by atoms with E-state index in [1.165, 1.54) is 0 Å². The van der Waals surface area contributed by atoms with Crippen LogP contribution in [0.2, 0.25) is 0 Å². The molecule has 21 heavy (non-hydrogen) atoms. The first-order chi connectivity index (χ1) is 9.99. The van der Waals surface area contributed by atoms with Crippen LogP contribution < -0.4 is 5.32 Å². The Hall–Kier alpha value is -1.55. The Morgan fingerprint density at radius 3 is 2.48 bits per heavy atom. The molecule has 2 aromatic rings. The van der Waals surface area contributed by atoms with Crippen molar-refractivity contribution in [3.8, 4) is 0 Å². The highest BCUT2D eigenvalue weighted by atomic mass is 19.4. The SMILES string of the molecule is CCNC(CCC(F)(F)F)Cc1cccc2ccccc12. The maximum absolute atomic E-state index is 12.4. The van der Waals surface area contributed by atoms with E-state index in [1.807, 2.05) is 49.4 Å². The van der Waals surface area contributed by atoms with Gasteiger partial charge in [-0.05, 0) is 35.7 Å². The summed E-state index contributed by atoms with van der Waals surface area (Å²) in [5.74, 6) is 0. The normalized spacial score (nSPS) is 13.5. The van der Waals surface area contributed by atoms with Crippen molar-refractivity contribution in [2.75, 3.05) is 6.54 Å². The van der Waals surface area contributed by atoms with Crippen molar-refractivity contribution in [3.05, 3.63) is 48.0 Å². The average molecular weight is 295 g/mol. The molecule has 4 heteroatoms. The van der Waals surface area contributed by atoms with Gasteiger partial charge in [0.25, 0.3) is 0 Å². The van der Waals surface area contributed by atoms with Crippen LogP contribution in [0.3, 0.4) is 0 Å². The number of benzene rings is 2. The van der Waals surface area contributed by atoms with E-state index in [2.05, 4.69) is 5.32 Å². The summed E-state index contributed by atoms with van der Waals surface area (Å²) in [6.45, 7) is 2.59. The average Bonchev–Trinajstić information content (AvgIpc) is 2.44. The fraction of sp³-hybridized carbons (Fsp3) is 0.412. The zero-order chi connectivity index (χ0) is 15.3. The molecule has 114 valence electrons. The lowest BCUT2D eigenvalue weighted by Gasteiger charge is -2.19. The van der Waals surface area contributed by atoms with Gasteiger partial charge >= 0.3 is 6.18 Å². The van der Waals surface area contributed by atoms with Gasteiger partial charge in [-0.15, -0.1) is 0 Å². The van der Waals surface area contributed by atoms with E-state index < -0.39 is 12.6 Å². The molecular formula is C17H20F3N. The Bertz CT molecular complexity index is 572. The molecule has 2 aromatic carbocycles. The van der Waals surface area contributed by atoms with Gasteiger partial charge in [0.2, 0.25) is 0 Å². The second-order valence-corrected chi connectivity index (χ2v) is 5.25. The molecule has 2 rings (SSSR count). The van der Waals surface area contributed by atoms with E-state index in [9.17, 15) is 13.2 Å². The highest BCUT2D eigenvalue weighted by Crippen LogP contribution is 2.25. The van der Waals surface area contributed by atoms with E-state index in [4.69, 9.17) is 0 Å². The lowest BCUT2D eigenvalue weighted by molar-refractivity contribution is -0.136. The highest BCUT2D eigenvalue weighted by Gasteiger charge is 2.28. The molecule has 0 aromatic heterocycles. The minimum Gasteiger partial charge on any atom is -0.314 e. The Kier molecular flexibility index (Phi) is 5.23. The number of fused-ring (bicyclic) bond motifs is 1. The number of hydrogen-bond donors (Lipinski definition) is 1. The molecule has 0 amide bonds. The molecule has 0 aliphatic carbocycles. The van der Waals surface area contributed by atoms with Crippen molar-refractivity contribution in [1.29, 1.82) is 0 Å². The number of likely N-dealkylation sites (N-methyl/N-ethyl adjacent to an activating group) is 1. The lowest BCUT2D eigenvalue weighted by Crippen LogP contribution is -2.32. The van der Waals surface area contributed by atoms with Crippen LogP contribution in [0.1, 0.15) is 25.3 Å². The van der Waals surface area contributed by atoms with Crippen molar-refractivity contribution in [1.82, 2.24) is 5.32 Å². The third kappa shape index (κ3) is 4.74. The van der Waals surface area contributed by atoms with Crippen molar-refractivity contribution in [2.45, 2.75) is 38.4 Å². The second-order valence-electron chi connectivity index (χ2n) is 5.25. The maximum atomic E-state index is 12.4. The Morgan fingerprint density at radius 2 is 1.76 bits per heavy atom. The van der Waals surface area contributed by atoms with Crippen LogP contribution in [0.4, 0.5) is 13.2 Å². The molecule has 0 spiro atoms. The quantitative estimate of drug-likeness (QED) is 0.814. The fourth-order valence-corrected chi connectivity index (χ4v) is 2.64. The summed E-state index contributed by atoms with van der Waals surface area (Å²) in [6, 6.07) is 13.8. The first kappa shape index (κ1) is 15.8. The first-order valence-corrected chi connectivity index (χ1v) is 7.26. The van der Waals surface area contributed by atoms with E-state index in [0.29, 0.717) is 13.0 Å². The maximum Gasteiger partial charge on any atom is 0.389 e. The number of halogens is 3. The van der Waals surface area contributed by atoms with Crippen molar-refractivity contribution >= 4 is 10.8 Å². The highest BCUT2D eigenvalue weighted by molar-refractivity contribution is 5.85. The largest absolute Gasteiger partial charge is 0.389 e. The summed E-state index contributed by atoms with van der Waals surface area (Å²) in [5, 5.41) is 5.41. The Balaban J connectivity index is 2.15. The van der Waals surface area contributed by atoms with Crippen LogP contribution >= 0.6 is 0 Å². The predicted octanol–water partition coefficient (Wildman–Crippen LogP) is 4.70. The first-order valence-electron chi connectivity index (χ1n) is 7.26. The van der Waals surface area contributed by atoms with Gasteiger partial charge in [-0.3, -0.25) is 0 Å². The standard InChI is InChI=1S/C17H20F3N/c1-2-21-15(10-11-17(18,19)20)12-14-8-5-7-13-6-3-4-9-16(13)14/h3-9,15,21H,2,10-12H2,1H3. The number of nitrogens with one attached hydrogen (secondary N) is 1. The Morgan fingerprint density at radius 1 is 1.05 bits per heavy atom. The zero-order valence-electron chi connectivity index (χ0n) is 12.1. The van der Waals surface area contributed by atoms with E-state index >= 15 is 0 Å². The minimum atomic E-state index is -4.09. The molecular weight excluding hydrogens is 275 g/mol. The monoisotopic (exact) mass is 295 g/mol. The summed E-state index contributed by atoms with van der Waals surface area (Å²) in [5.41, 5.74) is 1.10. The summed E-state index contributed by atoms with van der Waals surface area (Å²) >= 11 is 0. The second kappa shape index (κ2) is 6.94. The fourth-order valence-electron chi connectivity index (χ4n) is 2.64. The van der Waals surface area contributed by atoms with Crippen LogP contribution in [-0.2, 0) is 6.42 Å². The van der Waals surface area contributed by atoms with Crippen LogP contribution in [0, 0.1) is 0 Å². The molecule has 0 radical (unpaired) electrons. The summed E-state index contributed by atoms with van der Waals surface area (Å²) < 4.78 is 37.3. The molecule has 1 atom stereocenters. The van der Waals surface area contributed by atoms with Crippen LogP contribution in [0.5, 0.6) is 0 Å². The van der Waals surface area contributed by atoms with Crippen molar-refractivity contribution in [2.24, 2.45) is 0 Å².